The van der Waals surface area contributed by atoms with Gasteiger partial charge < -0.3 is 0 Å². The van der Waals surface area contributed by atoms with E-state index in [0.717, 1.165) is 6.42 Å². The van der Waals surface area contributed by atoms with Gasteiger partial charge in [0.25, 0.3) is 0 Å². The number of allylic oxidation sites excluding steroid dienone is 2. The second kappa shape index (κ2) is 2.69. The minimum Gasteiger partial charge on any atom is -0.260 e. The molecule has 0 saturated heterocycles. The van der Waals surface area contributed by atoms with Crippen LogP contribution in [0.2, 0.25) is 0 Å². The lowest BCUT2D eigenvalue weighted by Crippen LogP contribution is -2.07. The maximum atomic E-state index is 4.37. The van der Waals surface area contributed by atoms with Crippen molar-refractivity contribution in [2.45, 2.75) is 27.2 Å². The van der Waals surface area contributed by atoms with Gasteiger partial charge in [0.2, 0.25) is 0 Å². The van der Waals surface area contributed by atoms with Crippen LogP contribution in [0.5, 0.6) is 0 Å². The molecule has 0 N–H and O–H groups in total. The van der Waals surface area contributed by atoms with Crippen LogP contribution in [-0.4, -0.2) is 4.98 Å². The van der Waals surface area contributed by atoms with E-state index in [1.54, 1.807) is 0 Å². The van der Waals surface area contributed by atoms with Crippen molar-refractivity contribution in [3.8, 4) is 0 Å². The van der Waals surface area contributed by atoms with Crippen LogP contribution in [-0.2, 0) is 6.42 Å². The van der Waals surface area contributed by atoms with E-state index >= 15 is 0 Å². The fourth-order valence-electron chi connectivity index (χ4n) is 1.86. The Morgan fingerprint density at radius 1 is 1.31 bits per heavy atom. The maximum absolute atomic E-state index is 4.37. The van der Waals surface area contributed by atoms with Crippen molar-refractivity contribution < 1.29 is 0 Å². The zero-order valence-electron chi connectivity index (χ0n) is 8.46. The summed E-state index contributed by atoms with van der Waals surface area (Å²) in [5.41, 5.74) is 4.26. The van der Waals surface area contributed by atoms with Crippen LogP contribution < -0.4 is 0 Å². The summed E-state index contributed by atoms with van der Waals surface area (Å²) in [6.45, 7) is 6.75. The molecule has 0 aromatic carbocycles. The Balaban J connectivity index is 2.48. The second-order valence-electron chi connectivity index (χ2n) is 4.57. The molecule has 1 aliphatic carbocycles. The molecular formula is C12H15N. The van der Waals surface area contributed by atoms with Gasteiger partial charge in [-0.2, -0.15) is 0 Å². The summed E-state index contributed by atoms with van der Waals surface area (Å²) in [4.78, 5) is 4.37. The molecule has 1 nitrogen and oxygen atoms in total. The molecule has 2 rings (SSSR count). The molecule has 1 aliphatic rings. The Morgan fingerprint density at radius 3 is 2.77 bits per heavy atom. The number of hydrogen-bond acceptors (Lipinski definition) is 1. The van der Waals surface area contributed by atoms with Gasteiger partial charge in [-0.05, 0) is 22.6 Å². The van der Waals surface area contributed by atoms with Crippen LogP contribution in [0.1, 0.15) is 32.0 Å². The zero-order valence-corrected chi connectivity index (χ0v) is 8.46. The Bertz CT molecular complexity index is 356. The van der Waals surface area contributed by atoms with Gasteiger partial charge in [-0.15, -0.1) is 0 Å². The van der Waals surface area contributed by atoms with Crippen LogP contribution in [0.15, 0.2) is 24.4 Å². The van der Waals surface area contributed by atoms with Gasteiger partial charge in [-0.1, -0.05) is 32.9 Å². The lowest BCUT2D eigenvalue weighted by Gasteiger charge is -2.21. The van der Waals surface area contributed by atoms with E-state index in [-0.39, 0.29) is 5.41 Å². The van der Waals surface area contributed by atoms with Crippen molar-refractivity contribution in [2.75, 3.05) is 0 Å². The molecule has 1 aromatic rings. The van der Waals surface area contributed by atoms with E-state index in [2.05, 4.69) is 37.9 Å². The molecule has 68 valence electrons. The highest BCUT2D eigenvalue weighted by molar-refractivity contribution is 5.74. The number of pyridine rings is 1. The first-order chi connectivity index (χ1) is 6.09. The topological polar surface area (TPSA) is 12.9 Å². The Morgan fingerprint density at radius 2 is 2.08 bits per heavy atom. The number of aromatic nitrogens is 1. The highest BCUT2D eigenvalue weighted by atomic mass is 14.7. The average Bonchev–Trinajstić information content (AvgIpc) is 2.45. The molecule has 1 heterocycles. The summed E-state index contributed by atoms with van der Waals surface area (Å²) < 4.78 is 0. The molecule has 0 unspecified atom stereocenters. The Hall–Kier alpha value is -1.11. The van der Waals surface area contributed by atoms with E-state index in [1.165, 1.54) is 16.8 Å². The minimum atomic E-state index is 0.244. The summed E-state index contributed by atoms with van der Waals surface area (Å²) >= 11 is 0. The molecule has 0 fully saturated rings. The largest absolute Gasteiger partial charge is 0.260 e. The van der Waals surface area contributed by atoms with Crippen LogP contribution in [0.3, 0.4) is 0 Å². The summed E-state index contributed by atoms with van der Waals surface area (Å²) in [5.74, 6) is 0. The van der Waals surface area contributed by atoms with Crippen LogP contribution >= 0.6 is 0 Å². The predicted molar refractivity (Wildman–Crippen MR) is 55.4 cm³/mol. The van der Waals surface area contributed by atoms with E-state index < -0.39 is 0 Å². The van der Waals surface area contributed by atoms with E-state index in [4.69, 9.17) is 0 Å². The molecule has 1 heteroatoms. The van der Waals surface area contributed by atoms with E-state index in [9.17, 15) is 0 Å². The molecule has 0 saturated carbocycles. The summed E-state index contributed by atoms with van der Waals surface area (Å²) in [7, 11) is 0. The van der Waals surface area contributed by atoms with E-state index in [0.29, 0.717) is 0 Å². The van der Waals surface area contributed by atoms with Crippen LogP contribution in [0.25, 0.3) is 5.57 Å². The van der Waals surface area contributed by atoms with Gasteiger partial charge in [0.1, 0.15) is 0 Å². The average molecular weight is 173 g/mol. The number of hydrogen-bond donors (Lipinski definition) is 0. The van der Waals surface area contributed by atoms with Gasteiger partial charge in [0.15, 0.2) is 0 Å². The third kappa shape index (κ3) is 1.39. The summed E-state index contributed by atoms with van der Waals surface area (Å²) in [5, 5.41) is 0. The standard InChI is InChI=1S/C12H15N/c1-12(2,3)10-6-7-11-9(10)5-4-8-13-11/h4-6,8H,7H2,1-3H3. The molecular weight excluding hydrogens is 158 g/mol. The van der Waals surface area contributed by atoms with Crippen LogP contribution in [0, 0.1) is 5.41 Å². The molecule has 0 radical (unpaired) electrons. The minimum absolute atomic E-state index is 0.244. The monoisotopic (exact) mass is 173 g/mol. The fourth-order valence-corrected chi connectivity index (χ4v) is 1.86. The Kier molecular flexibility index (Phi) is 1.76. The second-order valence-corrected chi connectivity index (χ2v) is 4.57. The third-order valence-corrected chi connectivity index (χ3v) is 2.49. The van der Waals surface area contributed by atoms with Crippen molar-refractivity contribution in [2.24, 2.45) is 5.41 Å². The zero-order chi connectivity index (χ0) is 9.47. The first-order valence-electron chi connectivity index (χ1n) is 4.74. The smallest absolute Gasteiger partial charge is 0.0516 e. The third-order valence-electron chi connectivity index (χ3n) is 2.49. The molecule has 0 bridgehead atoms. The van der Waals surface area contributed by atoms with Gasteiger partial charge in [0, 0.05) is 12.6 Å². The van der Waals surface area contributed by atoms with E-state index in [1.807, 2.05) is 12.3 Å². The lowest BCUT2D eigenvalue weighted by atomic mass is 9.84. The van der Waals surface area contributed by atoms with Crippen molar-refractivity contribution in [1.29, 1.82) is 0 Å². The van der Waals surface area contributed by atoms with Crippen molar-refractivity contribution in [3.63, 3.8) is 0 Å². The van der Waals surface area contributed by atoms with Crippen molar-refractivity contribution >= 4 is 5.57 Å². The number of rotatable bonds is 0. The highest BCUT2D eigenvalue weighted by Crippen LogP contribution is 2.38. The van der Waals surface area contributed by atoms with Crippen LogP contribution in [0.4, 0.5) is 0 Å². The van der Waals surface area contributed by atoms with Gasteiger partial charge >= 0.3 is 0 Å². The highest BCUT2D eigenvalue weighted by Gasteiger charge is 2.24. The lowest BCUT2D eigenvalue weighted by molar-refractivity contribution is 0.567. The molecule has 0 atom stereocenters. The summed E-state index contributed by atoms with van der Waals surface area (Å²) in [6, 6.07) is 4.19. The molecule has 13 heavy (non-hydrogen) atoms. The first kappa shape index (κ1) is 8.49. The Labute approximate surface area is 79.5 Å². The summed E-state index contributed by atoms with van der Waals surface area (Å²) in [6.07, 6.45) is 5.18. The predicted octanol–water partition coefficient (Wildman–Crippen LogP) is 3.07. The number of fused-ring (bicyclic) bond motifs is 1. The van der Waals surface area contributed by atoms with Crippen molar-refractivity contribution in [3.05, 3.63) is 35.7 Å². The quantitative estimate of drug-likeness (QED) is 0.587. The van der Waals surface area contributed by atoms with Gasteiger partial charge in [0.05, 0.1) is 5.69 Å². The molecule has 0 amide bonds. The van der Waals surface area contributed by atoms with Crippen molar-refractivity contribution in [1.82, 2.24) is 4.98 Å². The van der Waals surface area contributed by atoms with Gasteiger partial charge in [-0.3, -0.25) is 4.98 Å². The molecule has 0 spiro atoms. The molecule has 1 aromatic heterocycles. The molecule has 0 aliphatic heterocycles. The number of nitrogens with zero attached hydrogens (tertiary/aromatic N) is 1. The fraction of sp³-hybridized carbons (Fsp3) is 0.417. The normalized spacial score (nSPS) is 15.5. The maximum Gasteiger partial charge on any atom is 0.0516 e. The van der Waals surface area contributed by atoms with Gasteiger partial charge in [-0.25, -0.2) is 0 Å². The SMILES string of the molecule is CC(C)(C)C1=CCc2ncccc21. The first-order valence-corrected chi connectivity index (χ1v) is 4.74.